The van der Waals surface area contributed by atoms with E-state index < -0.39 is 28.7 Å². The molecular formula is C22H35ClFN3O5. The van der Waals surface area contributed by atoms with Crippen LogP contribution in [0.25, 0.3) is 0 Å². The maximum atomic E-state index is 13.8. The molecule has 0 spiro atoms. The highest BCUT2D eigenvalue weighted by Crippen LogP contribution is 2.47. The first-order valence-corrected chi connectivity index (χ1v) is 12.3. The summed E-state index contributed by atoms with van der Waals surface area (Å²) in [6.07, 6.45) is 3.64. The zero-order valence-corrected chi connectivity index (χ0v) is 19.3. The van der Waals surface area contributed by atoms with Gasteiger partial charge in [0.25, 0.3) is 0 Å². The molecule has 4 N–H and O–H groups in total. The molecule has 5 rings (SSSR count). The van der Waals surface area contributed by atoms with Crippen molar-refractivity contribution in [3.8, 4) is 0 Å². The summed E-state index contributed by atoms with van der Waals surface area (Å²) in [5, 5.41) is 16.6. The number of carbonyl (C=O) groups is 2. The first-order chi connectivity index (χ1) is 15.2. The number of alkyl halides is 2. The minimum Gasteiger partial charge on any atom is -0.391 e. The summed E-state index contributed by atoms with van der Waals surface area (Å²) in [5.74, 6) is -0.401. The van der Waals surface area contributed by atoms with Gasteiger partial charge in [0.1, 0.15) is 18.8 Å². The van der Waals surface area contributed by atoms with E-state index >= 15 is 0 Å². The highest BCUT2D eigenvalue weighted by atomic mass is 35.5. The highest BCUT2D eigenvalue weighted by Gasteiger charge is 2.55. The molecule has 5 aliphatic rings. The van der Waals surface area contributed by atoms with Gasteiger partial charge in [-0.1, -0.05) is 6.92 Å². The molecule has 1 saturated heterocycles. The van der Waals surface area contributed by atoms with Crippen molar-refractivity contribution >= 4 is 23.4 Å². The van der Waals surface area contributed by atoms with E-state index in [1.54, 1.807) is 0 Å². The average Bonchev–Trinajstić information content (AvgIpc) is 3.25. The summed E-state index contributed by atoms with van der Waals surface area (Å²) >= 11 is 5.90. The predicted molar refractivity (Wildman–Crippen MR) is 116 cm³/mol. The zero-order valence-electron chi connectivity index (χ0n) is 18.6. The first-order valence-electron chi connectivity index (χ1n) is 11.9. The van der Waals surface area contributed by atoms with Gasteiger partial charge in [0.05, 0.1) is 29.2 Å². The van der Waals surface area contributed by atoms with E-state index in [1.807, 2.05) is 6.92 Å². The van der Waals surface area contributed by atoms with E-state index in [4.69, 9.17) is 21.2 Å². The molecule has 5 fully saturated rings. The van der Waals surface area contributed by atoms with Crippen molar-refractivity contribution in [2.45, 2.75) is 118 Å². The lowest BCUT2D eigenvalue weighted by Gasteiger charge is -2.56. The lowest BCUT2D eigenvalue weighted by molar-refractivity contribution is -0.140. The summed E-state index contributed by atoms with van der Waals surface area (Å²) in [6, 6.07) is -0.380. The number of rotatable bonds is 7. The van der Waals surface area contributed by atoms with Crippen LogP contribution in [-0.4, -0.2) is 70.5 Å². The molecule has 1 aliphatic heterocycles. The number of ether oxygens (including phenoxy) is 1. The SMILES string of the molecule is CCC1CC(C(=O)NC23CCC(NC(=O)COC4CCC(Cl)C(F)C4)(CC2)[C@@H](O)C3)NO1. The number of amides is 2. The second kappa shape index (κ2) is 9.70. The highest BCUT2D eigenvalue weighted by molar-refractivity contribution is 6.21. The molecule has 8 nitrogen and oxygen atoms in total. The van der Waals surface area contributed by atoms with E-state index in [9.17, 15) is 19.1 Å². The maximum absolute atomic E-state index is 13.8. The largest absolute Gasteiger partial charge is 0.391 e. The third-order valence-electron chi connectivity index (χ3n) is 7.84. The monoisotopic (exact) mass is 475 g/mol. The summed E-state index contributed by atoms with van der Waals surface area (Å²) in [6.45, 7) is 1.86. The molecule has 182 valence electrons. The summed E-state index contributed by atoms with van der Waals surface area (Å²) in [5.41, 5.74) is 1.66. The molecule has 1 heterocycles. The fourth-order valence-corrected chi connectivity index (χ4v) is 5.89. The molecular weight excluding hydrogens is 441 g/mol. The molecule has 0 aromatic rings. The quantitative estimate of drug-likeness (QED) is 0.417. The zero-order chi connectivity index (χ0) is 22.9. The van der Waals surface area contributed by atoms with Crippen molar-refractivity contribution < 1.29 is 28.7 Å². The number of nitrogens with one attached hydrogen (secondary N) is 3. The molecule has 4 aliphatic carbocycles. The first kappa shape index (κ1) is 24.1. The van der Waals surface area contributed by atoms with E-state index in [1.165, 1.54) is 0 Å². The van der Waals surface area contributed by atoms with Crippen LogP contribution in [0.5, 0.6) is 0 Å². The Hall–Kier alpha value is -1.00. The van der Waals surface area contributed by atoms with Crippen LogP contribution < -0.4 is 16.1 Å². The third-order valence-corrected chi connectivity index (χ3v) is 8.33. The molecule has 0 aromatic heterocycles. The van der Waals surface area contributed by atoms with Gasteiger partial charge in [0, 0.05) is 18.4 Å². The van der Waals surface area contributed by atoms with Crippen LogP contribution in [0.4, 0.5) is 4.39 Å². The van der Waals surface area contributed by atoms with Gasteiger partial charge < -0.3 is 20.5 Å². The van der Waals surface area contributed by atoms with Crippen LogP contribution in [-0.2, 0) is 19.2 Å². The van der Waals surface area contributed by atoms with E-state index in [0.29, 0.717) is 51.4 Å². The molecule has 32 heavy (non-hydrogen) atoms. The average molecular weight is 476 g/mol. The minimum absolute atomic E-state index is 0.0393. The van der Waals surface area contributed by atoms with E-state index in [-0.39, 0.29) is 43.1 Å². The van der Waals surface area contributed by atoms with Crippen molar-refractivity contribution in [3.05, 3.63) is 0 Å². The van der Waals surface area contributed by atoms with Gasteiger partial charge in [0.2, 0.25) is 11.8 Å². The molecule has 2 amide bonds. The maximum Gasteiger partial charge on any atom is 0.246 e. The molecule has 0 radical (unpaired) electrons. The number of aliphatic hydroxyl groups is 1. The topological polar surface area (TPSA) is 109 Å². The predicted octanol–water partition coefficient (Wildman–Crippen LogP) is 1.62. The fraction of sp³-hybridized carbons (Fsp3) is 0.909. The van der Waals surface area contributed by atoms with Gasteiger partial charge in [-0.15, -0.1) is 11.6 Å². The molecule has 2 bridgehead atoms. The molecule has 6 atom stereocenters. The minimum atomic E-state index is -1.11. The summed E-state index contributed by atoms with van der Waals surface area (Å²) < 4.78 is 19.4. The number of aliphatic hydroxyl groups excluding tert-OH is 1. The molecule has 10 heteroatoms. The Kier molecular flexibility index (Phi) is 7.32. The number of hydrogen-bond donors (Lipinski definition) is 4. The van der Waals surface area contributed by atoms with Gasteiger partial charge >= 0.3 is 0 Å². The van der Waals surface area contributed by atoms with Crippen molar-refractivity contribution in [3.63, 3.8) is 0 Å². The van der Waals surface area contributed by atoms with E-state index in [2.05, 4.69) is 16.1 Å². The Bertz CT molecular complexity index is 705. The lowest BCUT2D eigenvalue weighted by Crippen LogP contribution is -2.71. The van der Waals surface area contributed by atoms with Gasteiger partial charge in [0.15, 0.2) is 0 Å². The Morgan fingerprint density at radius 2 is 1.97 bits per heavy atom. The van der Waals surface area contributed by atoms with Crippen molar-refractivity contribution in [1.29, 1.82) is 0 Å². The van der Waals surface area contributed by atoms with Crippen LogP contribution in [0.1, 0.15) is 71.1 Å². The Morgan fingerprint density at radius 3 is 2.59 bits per heavy atom. The fourth-order valence-electron chi connectivity index (χ4n) is 5.66. The number of carbonyl (C=O) groups excluding carboxylic acids is 2. The van der Waals surface area contributed by atoms with Crippen LogP contribution in [0.15, 0.2) is 0 Å². The molecule has 5 unspecified atom stereocenters. The summed E-state index contributed by atoms with van der Waals surface area (Å²) in [7, 11) is 0. The van der Waals surface area contributed by atoms with Crippen LogP contribution in [0.2, 0.25) is 0 Å². The Morgan fingerprint density at radius 1 is 1.22 bits per heavy atom. The van der Waals surface area contributed by atoms with Crippen molar-refractivity contribution in [2.75, 3.05) is 6.61 Å². The molecule has 4 saturated carbocycles. The Balaban J connectivity index is 1.26. The van der Waals surface area contributed by atoms with Crippen LogP contribution in [0, 0.1) is 0 Å². The van der Waals surface area contributed by atoms with Gasteiger partial charge in [-0.2, -0.15) is 5.48 Å². The number of fused-ring (bicyclic) bond motifs is 3. The van der Waals surface area contributed by atoms with Crippen molar-refractivity contribution in [2.24, 2.45) is 0 Å². The second-order valence-electron chi connectivity index (χ2n) is 10.0. The number of halogens is 2. The van der Waals surface area contributed by atoms with Gasteiger partial charge in [-0.05, 0) is 51.4 Å². The smallest absolute Gasteiger partial charge is 0.246 e. The van der Waals surface area contributed by atoms with Crippen LogP contribution >= 0.6 is 11.6 Å². The normalized spacial score (nSPS) is 43.8. The number of hydrogen-bond acceptors (Lipinski definition) is 6. The van der Waals surface area contributed by atoms with Gasteiger partial charge in [-0.3, -0.25) is 14.4 Å². The lowest BCUT2D eigenvalue weighted by atomic mass is 9.59. The third kappa shape index (κ3) is 5.06. The number of hydroxylamine groups is 1. The summed E-state index contributed by atoms with van der Waals surface area (Å²) in [4.78, 5) is 30.7. The van der Waals surface area contributed by atoms with Gasteiger partial charge in [-0.25, -0.2) is 4.39 Å². The standard InChI is InChI=1S/C22H35ClFN3O5/c1-2-13-10-17(27-32-13)20(30)26-21-5-7-22(8-6-21,18(28)11-21)25-19(29)12-31-14-3-4-15(23)16(24)9-14/h13-18,27-28H,2-12H2,1H3,(H,25,29)(H,26,30)/t13?,14?,15?,16?,17?,18-,21?,22?/m0/s1. The molecule has 0 aromatic carbocycles. The Labute approximate surface area is 193 Å². The second-order valence-corrected chi connectivity index (χ2v) is 10.6. The van der Waals surface area contributed by atoms with E-state index in [0.717, 1.165) is 6.42 Å². The van der Waals surface area contributed by atoms with Crippen LogP contribution in [0.3, 0.4) is 0 Å². The van der Waals surface area contributed by atoms with Crippen molar-refractivity contribution in [1.82, 2.24) is 16.1 Å².